The molecule has 5 heteroatoms. The van der Waals surface area contributed by atoms with Crippen LogP contribution in [0.5, 0.6) is 0 Å². The molecule has 282 valence electrons. The van der Waals surface area contributed by atoms with Crippen LogP contribution in [0.15, 0.2) is 223 Å². The van der Waals surface area contributed by atoms with E-state index in [9.17, 15) is 0 Å². The highest BCUT2D eigenvalue weighted by atomic mass is 16.3. The topological polar surface area (TPSA) is 55.1 Å². The second-order valence-corrected chi connectivity index (χ2v) is 14.8. The summed E-state index contributed by atoms with van der Waals surface area (Å²) >= 11 is 0. The van der Waals surface area contributed by atoms with Crippen molar-refractivity contribution >= 4 is 49.8 Å². The van der Waals surface area contributed by atoms with E-state index in [0.29, 0.717) is 17.5 Å². The van der Waals surface area contributed by atoms with E-state index in [4.69, 9.17) is 19.4 Å². The summed E-state index contributed by atoms with van der Waals surface area (Å²) in [5, 5.41) is 4.21. The summed E-state index contributed by atoms with van der Waals surface area (Å²) < 4.78 is 6.71. The van der Waals surface area contributed by atoms with Gasteiger partial charge in [-0.25, -0.2) is 15.0 Å². The molecule has 0 unspecified atom stereocenters. The average molecular weight is 769 g/mol. The van der Waals surface area contributed by atoms with Crippen LogP contribution in [-0.4, -0.2) is 15.0 Å². The number of hydrogen-bond acceptors (Lipinski definition) is 5. The van der Waals surface area contributed by atoms with Gasteiger partial charge in [-0.15, -0.1) is 0 Å². The van der Waals surface area contributed by atoms with Crippen molar-refractivity contribution in [3.63, 3.8) is 0 Å². The predicted molar refractivity (Wildman–Crippen MR) is 246 cm³/mol. The Kier molecular flexibility index (Phi) is 8.75. The van der Waals surface area contributed by atoms with Gasteiger partial charge in [-0.2, -0.15) is 0 Å². The number of rotatable bonds is 8. The van der Waals surface area contributed by atoms with Gasteiger partial charge in [0.25, 0.3) is 0 Å². The summed E-state index contributed by atoms with van der Waals surface area (Å²) in [5.41, 5.74) is 12.0. The zero-order valence-corrected chi connectivity index (χ0v) is 32.5. The second-order valence-electron chi connectivity index (χ2n) is 14.8. The first-order valence-corrected chi connectivity index (χ1v) is 20.1. The minimum atomic E-state index is 0.582. The molecule has 0 aliphatic rings. The van der Waals surface area contributed by atoms with Gasteiger partial charge >= 0.3 is 0 Å². The van der Waals surface area contributed by atoms with Crippen LogP contribution >= 0.6 is 0 Å². The monoisotopic (exact) mass is 768 g/mol. The van der Waals surface area contributed by atoms with E-state index in [2.05, 4.69) is 169 Å². The number of benzene rings is 9. The summed E-state index contributed by atoms with van der Waals surface area (Å²) in [7, 11) is 0. The first kappa shape index (κ1) is 35.0. The van der Waals surface area contributed by atoms with Gasteiger partial charge in [-0.1, -0.05) is 164 Å². The van der Waals surface area contributed by atoms with Gasteiger partial charge in [-0.05, 0) is 76.0 Å². The number of para-hydroxylation sites is 2. The fraction of sp³-hybridized carbons (Fsp3) is 0. The Labute approximate surface area is 347 Å². The van der Waals surface area contributed by atoms with Gasteiger partial charge < -0.3 is 9.32 Å². The maximum Gasteiger partial charge on any atom is 0.164 e. The van der Waals surface area contributed by atoms with Gasteiger partial charge in [0.15, 0.2) is 17.5 Å². The molecule has 0 aliphatic carbocycles. The van der Waals surface area contributed by atoms with E-state index in [-0.39, 0.29) is 0 Å². The maximum atomic E-state index is 6.71. The molecule has 60 heavy (non-hydrogen) atoms. The molecule has 0 atom stereocenters. The van der Waals surface area contributed by atoms with Crippen LogP contribution < -0.4 is 4.90 Å². The third-order valence-electron chi connectivity index (χ3n) is 11.1. The summed E-state index contributed by atoms with van der Waals surface area (Å²) in [6.07, 6.45) is 0. The highest BCUT2D eigenvalue weighted by Gasteiger charge is 2.21. The molecule has 0 saturated heterocycles. The number of fused-ring (bicyclic) bond motifs is 4. The third-order valence-corrected chi connectivity index (χ3v) is 11.1. The lowest BCUT2D eigenvalue weighted by molar-refractivity contribution is 0.669. The van der Waals surface area contributed by atoms with Gasteiger partial charge in [-0.3, -0.25) is 0 Å². The van der Waals surface area contributed by atoms with Crippen LogP contribution in [0.2, 0.25) is 0 Å². The molecule has 11 rings (SSSR count). The predicted octanol–water partition coefficient (Wildman–Crippen LogP) is 14.7. The summed E-state index contributed by atoms with van der Waals surface area (Å²) in [5.74, 6) is 1.80. The standard InChI is InChI=1S/C55H36N4O/c1-5-16-37(17-6-1)40-28-29-42-35-43(31-30-41(42)34-40)54-56-53(39-20-9-3-10-21-39)57-55(58-54)48-25-15-27-50-52(48)47-33-32-45(36-51(47)60-50)59(44-22-11-4-12-23-44)49-26-14-13-24-46(49)38-18-7-2-8-19-38/h1-36H. The molecule has 0 spiro atoms. The molecule has 11 aromatic rings. The van der Waals surface area contributed by atoms with Crippen molar-refractivity contribution in [2.24, 2.45) is 0 Å². The Morgan fingerprint density at radius 2 is 0.900 bits per heavy atom. The van der Waals surface area contributed by atoms with E-state index in [1.165, 1.54) is 11.1 Å². The highest BCUT2D eigenvalue weighted by molar-refractivity contribution is 6.12. The van der Waals surface area contributed by atoms with Crippen molar-refractivity contribution in [2.75, 3.05) is 4.90 Å². The van der Waals surface area contributed by atoms with Gasteiger partial charge in [0.2, 0.25) is 0 Å². The molecule has 9 aromatic carbocycles. The third kappa shape index (κ3) is 6.45. The van der Waals surface area contributed by atoms with Crippen molar-refractivity contribution in [2.45, 2.75) is 0 Å². The van der Waals surface area contributed by atoms with Crippen LogP contribution in [0.25, 0.3) is 89.1 Å². The number of aromatic nitrogens is 3. The molecular weight excluding hydrogens is 733 g/mol. The average Bonchev–Trinajstić information content (AvgIpc) is 3.71. The van der Waals surface area contributed by atoms with E-state index in [0.717, 1.165) is 77.6 Å². The molecule has 2 aromatic heterocycles. The van der Waals surface area contributed by atoms with E-state index < -0.39 is 0 Å². The van der Waals surface area contributed by atoms with Crippen molar-refractivity contribution < 1.29 is 4.42 Å². The zero-order valence-electron chi connectivity index (χ0n) is 32.5. The Hall–Kier alpha value is -8.15. The smallest absolute Gasteiger partial charge is 0.164 e. The molecule has 2 heterocycles. The van der Waals surface area contributed by atoms with Gasteiger partial charge in [0.1, 0.15) is 11.2 Å². The molecule has 0 fully saturated rings. The minimum absolute atomic E-state index is 0.582. The first-order valence-electron chi connectivity index (χ1n) is 20.1. The van der Waals surface area contributed by atoms with Crippen molar-refractivity contribution in [3.8, 4) is 56.4 Å². The zero-order chi connectivity index (χ0) is 39.8. The van der Waals surface area contributed by atoms with Gasteiger partial charge in [0, 0.05) is 50.5 Å². The van der Waals surface area contributed by atoms with Crippen LogP contribution in [0.4, 0.5) is 17.1 Å². The molecular formula is C55H36N4O. The van der Waals surface area contributed by atoms with E-state index >= 15 is 0 Å². The lowest BCUT2D eigenvalue weighted by Crippen LogP contribution is -2.11. The van der Waals surface area contributed by atoms with Crippen molar-refractivity contribution in [1.29, 1.82) is 0 Å². The molecule has 0 saturated carbocycles. The molecule has 5 nitrogen and oxygen atoms in total. The number of nitrogens with zero attached hydrogens (tertiary/aromatic N) is 4. The summed E-state index contributed by atoms with van der Waals surface area (Å²) in [4.78, 5) is 17.7. The Bertz CT molecular complexity index is 3310. The SMILES string of the molecule is c1ccc(-c2ccc3cc(-c4nc(-c5ccccc5)nc(-c5cccc6oc7cc(N(c8ccccc8)c8ccccc8-c8ccccc8)ccc7c56)n4)ccc3c2)cc1. The Morgan fingerprint density at radius 1 is 0.333 bits per heavy atom. The van der Waals surface area contributed by atoms with E-state index in [1.807, 2.05) is 54.6 Å². The highest BCUT2D eigenvalue weighted by Crippen LogP contribution is 2.44. The van der Waals surface area contributed by atoms with Gasteiger partial charge in [0.05, 0.1) is 5.69 Å². The van der Waals surface area contributed by atoms with Crippen LogP contribution in [0, 0.1) is 0 Å². The molecule has 0 aliphatic heterocycles. The molecule has 0 amide bonds. The maximum absolute atomic E-state index is 6.71. The summed E-state index contributed by atoms with van der Waals surface area (Å²) in [6.45, 7) is 0. The quantitative estimate of drug-likeness (QED) is 0.154. The van der Waals surface area contributed by atoms with Crippen LogP contribution in [-0.2, 0) is 0 Å². The lowest BCUT2D eigenvalue weighted by Gasteiger charge is -2.27. The second kappa shape index (κ2) is 15.0. The lowest BCUT2D eigenvalue weighted by atomic mass is 10.00. The number of furan rings is 1. The van der Waals surface area contributed by atoms with E-state index in [1.54, 1.807) is 0 Å². The summed E-state index contributed by atoms with van der Waals surface area (Å²) in [6, 6.07) is 75.7. The fourth-order valence-electron chi connectivity index (χ4n) is 8.21. The van der Waals surface area contributed by atoms with Crippen LogP contribution in [0.1, 0.15) is 0 Å². The fourth-order valence-corrected chi connectivity index (χ4v) is 8.21. The number of hydrogen-bond donors (Lipinski definition) is 0. The molecule has 0 bridgehead atoms. The van der Waals surface area contributed by atoms with Crippen LogP contribution in [0.3, 0.4) is 0 Å². The van der Waals surface area contributed by atoms with Crippen molar-refractivity contribution in [3.05, 3.63) is 218 Å². The minimum Gasteiger partial charge on any atom is -0.456 e. The molecule has 0 N–H and O–H groups in total. The normalized spacial score (nSPS) is 11.3. The number of anilines is 3. The largest absolute Gasteiger partial charge is 0.456 e. The van der Waals surface area contributed by atoms with Crippen molar-refractivity contribution in [1.82, 2.24) is 15.0 Å². The Morgan fingerprint density at radius 3 is 1.63 bits per heavy atom. The molecule has 0 radical (unpaired) electrons. The Balaban J connectivity index is 1.05. The first-order chi connectivity index (χ1) is 29.7.